The first kappa shape index (κ1) is 19.8. The molecule has 0 unspecified atom stereocenters. The average molecular weight is 369 g/mol. The van der Waals surface area contributed by atoms with Crippen molar-refractivity contribution in [2.75, 3.05) is 4.90 Å². The van der Waals surface area contributed by atoms with Gasteiger partial charge in [-0.2, -0.15) is 8.42 Å². The zero-order valence-corrected chi connectivity index (χ0v) is 13.9. The third kappa shape index (κ3) is 3.70. The van der Waals surface area contributed by atoms with Crippen molar-refractivity contribution in [2.45, 2.75) is 25.3 Å². The molecule has 0 aromatic heterocycles. The summed E-state index contributed by atoms with van der Waals surface area (Å²) in [5.41, 5.74) is 3.32. The van der Waals surface area contributed by atoms with Crippen molar-refractivity contribution in [3.05, 3.63) is 58.7 Å². The van der Waals surface area contributed by atoms with E-state index in [1.165, 1.54) is 17.0 Å². The van der Waals surface area contributed by atoms with Gasteiger partial charge in [0.05, 0.1) is 22.7 Å². The van der Waals surface area contributed by atoms with Crippen LogP contribution in [0, 0.1) is 13.8 Å². The maximum absolute atomic E-state index is 12.3. The van der Waals surface area contributed by atoms with E-state index in [2.05, 4.69) is 0 Å². The minimum absolute atomic E-state index is 0. The number of ketones is 1. The summed E-state index contributed by atoms with van der Waals surface area (Å²) in [4.78, 5) is 25.3. The number of rotatable bonds is 3. The summed E-state index contributed by atoms with van der Waals surface area (Å²) in [5.74, 6) is -1.49. The fraction of sp³-hybridized carbons (Fsp3) is 0.176. The Hall–Kier alpha value is -1.51. The molecule has 1 amide bonds. The molecule has 3 rings (SSSR count). The van der Waals surface area contributed by atoms with E-state index in [4.69, 9.17) is 4.55 Å². The third-order valence-electron chi connectivity index (χ3n) is 4.07. The van der Waals surface area contributed by atoms with Crippen LogP contribution in [0.2, 0.25) is 0 Å². The van der Waals surface area contributed by atoms with Gasteiger partial charge < -0.3 is 4.90 Å². The molecule has 0 fully saturated rings. The Bertz CT molecular complexity index is 985. The summed E-state index contributed by atoms with van der Waals surface area (Å²) >= 11 is 0. The molecule has 0 radical (unpaired) electrons. The van der Waals surface area contributed by atoms with Crippen LogP contribution in [0.4, 0.5) is 5.69 Å². The molecule has 1 aliphatic heterocycles. The van der Waals surface area contributed by atoms with Crippen LogP contribution >= 0.6 is 0 Å². The second kappa shape index (κ2) is 7.01. The monoisotopic (exact) mass is 369 g/mol. The molecule has 2 aromatic carbocycles. The van der Waals surface area contributed by atoms with Gasteiger partial charge >= 0.3 is 29.6 Å². The van der Waals surface area contributed by atoms with Crippen LogP contribution in [-0.4, -0.2) is 54.2 Å². The van der Waals surface area contributed by atoms with E-state index >= 15 is 0 Å². The van der Waals surface area contributed by atoms with Crippen LogP contribution in [0.3, 0.4) is 0 Å². The molecule has 0 aliphatic carbocycles. The van der Waals surface area contributed by atoms with E-state index < -0.39 is 26.7 Å². The van der Waals surface area contributed by atoms with Gasteiger partial charge in [-0.3, -0.25) is 14.1 Å². The summed E-state index contributed by atoms with van der Waals surface area (Å²) in [5, 5.41) is 0. The zero-order valence-electron chi connectivity index (χ0n) is 13.1. The Morgan fingerprint density at radius 1 is 1.04 bits per heavy atom. The molecule has 8 heteroatoms. The minimum atomic E-state index is -4.44. The fourth-order valence-electron chi connectivity index (χ4n) is 2.79. The van der Waals surface area contributed by atoms with Crippen LogP contribution < -0.4 is 4.90 Å². The molecule has 0 spiro atoms. The number of benzene rings is 2. The van der Waals surface area contributed by atoms with E-state index in [9.17, 15) is 18.0 Å². The van der Waals surface area contributed by atoms with Gasteiger partial charge in [0, 0.05) is 0 Å². The second-order valence-electron chi connectivity index (χ2n) is 5.80. The number of Topliss-reactive ketones (excluding diaryl/α,β-unsaturated/α-hetero) is 1. The molecule has 2 aromatic rings. The number of hydrogen-bond donors (Lipinski definition) is 1. The van der Waals surface area contributed by atoms with E-state index in [1.54, 1.807) is 0 Å². The molecule has 1 N–H and O–H groups in total. The number of hydrogen-bond acceptors (Lipinski definition) is 4. The first-order chi connectivity index (χ1) is 11.2. The van der Waals surface area contributed by atoms with E-state index in [-0.39, 0.29) is 41.7 Å². The SMILES string of the molecule is Cc1ccc(CN2C(=O)C(=O)c3cc(S(=O)(=O)O)ccc32)c(C)c1.[NaH]. The van der Waals surface area contributed by atoms with Crippen LogP contribution in [0.15, 0.2) is 41.3 Å². The Morgan fingerprint density at radius 2 is 1.72 bits per heavy atom. The Balaban J connectivity index is 0.00000225. The molecule has 0 bridgehead atoms. The van der Waals surface area contributed by atoms with Gasteiger partial charge in [0.25, 0.3) is 21.8 Å². The van der Waals surface area contributed by atoms with Crippen molar-refractivity contribution >= 4 is 57.1 Å². The number of carbonyl (C=O) groups excluding carboxylic acids is 2. The van der Waals surface area contributed by atoms with Gasteiger partial charge in [-0.15, -0.1) is 0 Å². The predicted octanol–water partition coefficient (Wildman–Crippen LogP) is 1.63. The quantitative estimate of drug-likeness (QED) is 0.504. The summed E-state index contributed by atoms with van der Waals surface area (Å²) in [6, 6.07) is 9.38. The maximum atomic E-state index is 12.3. The summed E-state index contributed by atoms with van der Waals surface area (Å²) < 4.78 is 31.5. The first-order valence-corrected chi connectivity index (χ1v) is 8.66. The van der Waals surface area contributed by atoms with Gasteiger partial charge in [-0.05, 0) is 43.2 Å². The molecular weight excluding hydrogens is 353 g/mol. The van der Waals surface area contributed by atoms with Gasteiger partial charge in [0.15, 0.2) is 0 Å². The zero-order chi connectivity index (χ0) is 17.6. The van der Waals surface area contributed by atoms with E-state index in [0.29, 0.717) is 5.69 Å². The number of carbonyl (C=O) groups is 2. The molecule has 0 atom stereocenters. The number of nitrogens with zero attached hydrogens (tertiary/aromatic N) is 1. The first-order valence-electron chi connectivity index (χ1n) is 7.22. The van der Waals surface area contributed by atoms with Crippen molar-refractivity contribution < 1.29 is 22.6 Å². The topological polar surface area (TPSA) is 91.8 Å². The Labute approximate surface area is 167 Å². The van der Waals surface area contributed by atoms with E-state index in [1.807, 2.05) is 32.0 Å². The van der Waals surface area contributed by atoms with Gasteiger partial charge in [-0.1, -0.05) is 23.8 Å². The number of anilines is 1. The molecule has 1 heterocycles. The molecule has 1 aliphatic rings. The Morgan fingerprint density at radius 3 is 2.32 bits per heavy atom. The standard InChI is InChI=1S/C17H15NO5S.Na.H/c1-10-3-4-12(11(2)7-10)9-18-15-6-5-13(24(21,22)23)8-14(15)16(19)17(18)20;;/h3-8H,9H2,1-2H3,(H,21,22,23);;. The van der Waals surface area contributed by atoms with Crippen molar-refractivity contribution in [1.82, 2.24) is 0 Å². The molecule has 0 saturated heterocycles. The van der Waals surface area contributed by atoms with E-state index in [0.717, 1.165) is 22.8 Å². The van der Waals surface area contributed by atoms with Crippen molar-refractivity contribution in [3.8, 4) is 0 Å². The van der Waals surface area contributed by atoms with Crippen LogP contribution in [0.1, 0.15) is 27.0 Å². The third-order valence-corrected chi connectivity index (χ3v) is 4.92. The average Bonchev–Trinajstić information content (AvgIpc) is 2.73. The van der Waals surface area contributed by atoms with Gasteiger partial charge in [0.2, 0.25) is 0 Å². The number of amides is 1. The fourth-order valence-corrected chi connectivity index (χ4v) is 3.30. The van der Waals surface area contributed by atoms with Crippen LogP contribution in [0.25, 0.3) is 0 Å². The second-order valence-corrected chi connectivity index (χ2v) is 7.23. The van der Waals surface area contributed by atoms with Gasteiger partial charge in [0.1, 0.15) is 0 Å². The van der Waals surface area contributed by atoms with Crippen molar-refractivity contribution in [3.63, 3.8) is 0 Å². The summed E-state index contributed by atoms with van der Waals surface area (Å²) in [7, 11) is -4.44. The predicted molar refractivity (Wildman–Crippen MR) is 94.8 cm³/mol. The summed E-state index contributed by atoms with van der Waals surface area (Å²) in [6.45, 7) is 4.11. The molecular formula is C17H16NNaO5S. The number of fused-ring (bicyclic) bond motifs is 1. The van der Waals surface area contributed by atoms with Gasteiger partial charge in [-0.25, -0.2) is 0 Å². The van der Waals surface area contributed by atoms with Crippen LogP contribution in [-0.2, 0) is 21.5 Å². The van der Waals surface area contributed by atoms with Crippen molar-refractivity contribution in [2.24, 2.45) is 0 Å². The molecule has 126 valence electrons. The molecule has 25 heavy (non-hydrogen) atoms. The normalized spacial score (nSPS) is 13.6. The summed E-state index contributed by atoms with van der Waals surface area (Å²) in [6.07, 6.45) is 0. The molecule has 6 nitrogen and oxygen atoms in total. The number of aryl methyl sites for hydroxylation is 2. The molecule has 0 saturated carbocycles. The van der Waals surface area contributed by atoms with Crippen molar-refractivity contribution in [1.29, 1.82) is 0 Å². The van der Waals surface area contributed by atoms with Crippen LogP contribution in [0.5, 0.6) is 0 Å². The Kier molecular flexibility index (Phi) is 5.56.